The molecule has 194 valence electrons. The van der Waals surface area contributed by atoms with Gasteiger partial charge in [-0.25, -0.2) is 9.78 Å². The van der Waals surface area contributed by atoms with E-state index >= 15 is 0 Å². The van der Waals surface area contributed by atoms with Gasteiger partial charge in [0.15, 0.2) is 0 Å². The van der Waals surface area contributed by atoms with Gasteiger partial charge < -0.3 is 26.4 Å². The van der Waals surface area contributed by atoms with E-state index in [4.69, 9.17) is 15.6 Å². The van der Waals surface area contributed by atoms with Crippen molar-refractivity contribution in [1.82, 2.24) is 15.6 Å². The molecule has 1 aromatic carbocycles. The fraction of sp³-hybridized carbons (Fsp3) is 0.318. The summed E-state index contributed by atoms with van der Waals surface area (Å²) in [6.45, 7) is 3.33. The zero-order chi connectivity index (χ0) is 27.0. The quantitative estimate of drug-likeness (QED) is 0.459. The van der Waals surface area contributed by atoms with Crippen molar-refractivity contribution in [2.45, 2.75) is 37.5 Å². The van der Waals surface area contributed by atoms with Gasteiger partial charge in [-0.05, 0) is 30.7 Å². The second-order valence-electron chi connectivity index (χ2n) is 7.52. The number of carboxylic acids is 1. The van der Waals surface area contributed by atoms with Gasteiger partial charge in [0.2, 0.25) is 11.8 Å². The third-order valence-corrected chi connectivity index (χ3v) is 5.90. The van der Waals surface area contributed by atoms with Gasteiger partial charge in [-0.15, -0.1) is 11.8 Å². The number of nitrogen functional groups attached to an aromatic ring is 1. The Morgan fingerprint density at radius 3 is 2.44 bits per heavy atom. The van der Waals surface area contributed by atoms with Crippen molar-refractivity contribution in [3.05, 3.63) is 47.7 Å². The van der Waals surface area contributed by atoms with Crippen molar-refractivity contribution in [1.29, 1.82) is 0 Å². The minimum atomic E-state index is -5.08. The molecule has 0 saturated heterocycles. The third-order valence-electron chi connectivity index (χ3n) is 4.74. The minimum Gasteiger partial charge on any atom is -0.475 e. The number of aromatic nitrogens is 1. The Labute approximate surface area is 208 Å². The summed E-state index contributed by atoms with van der Waals surface area (Å²) in [7, 11) is 0. The van der Waals surface area contributed by atoms with Crippen LogP contribution in [0.5, 0.6) is 0 Å². The largest absolute Gasteiger partial charge is 0.490 e. The number of rotatable bonds is 5. The van der Waals surface area contributed by atoms with Gasteiger partial charge in [-0.2, -0.15) is 13.2 Å². The van der Waals surface area contributed by atoms with E-state index in [2.05, 4.69) is 15.6 Å². The number of nitrogens with one attached hydrogen (secondary N) is 2. The molecule has 1 atom stereocenters. The number of hydrogen-bond donors (Lipinski definition) is 4. The van der Waals surface area contributed by atoms with Gasteiger partial charge in [-0.3, -0.25) is 14.4 Å². The van der Waals surface area contributed by atoms with Crippen LogP contribution in [0.1, 0.15) is 18.2 Å². The van der Waals surface area contributed by atoms with Crippen LogP contribution in [-0.4, -0.2) is 58.3 Å². The van der Waals surface area contributed by atoms with Crippen LogP contribution in [0.2, 0.25) is 0 Å². The number of carbonyl (C=O) groups is 4. The monoisotopic (exact) mass is 527 g/mol. The molecule has 2 aromatic rings. The molecule has 0 unspecified atom stereocenters. The lowest BCUT2D eigenvalue weighted by atomic mass is 10.2. The lowest BCUT2D eigenvalue weighted by molar-refractivity contribution is -0.192. The number of halogens is 3. The molecular weight excluding hydrogens is 503 g/mol. The standard InChI is InChI=1S/C20H23N5O3S.C2HF3O2/c1-12-14(7-8-18(21)23-12)9-22-19(27)10-25-16-5-3-4-6-17(16)29-11-15(20(25)28)24-13(2)26;3-2(4,5)1(6)7/h3-8,15H,9-11H2,1-2H3,(H2,21,23)(H,22,27)(H,24,26);(H,6,7)/t15-;/m0./s1. The molecule has 10 nitrogen and oxygen atoms in total. The normalized spacial score (nSPS) is 15.1. The van der Waals surface area contributed by atoms with Crippen molar-refractivity contribution >= 4 is 47.0 Å². The van der Waals surface area contributed by atoms with Gasteiger partial charge >= 0.3 is 12.1 Å². The second kappa shape index (κ2) is 12.2. The van der Waals surface area contributed by atoms with Crippen LogP contribution < -0.4 is 21.3 Å². The molecule has 14 heteroatoms. The molecule has 0 radical (unpaired) electrons. The van der Waals surface area contributed by atoms with E-state index in [1.54, 1.807) is 12.1 Å². The number of alkyl halides is 3. The zero-order valence-electron chi connectivity index (χ0n) is 19.3. The Morgan fingerprint density at radius 1 is 1.22 bits per heavy atom. The van der Waals surface area contributed by atoms with Crippen LogP contribution >= 0.6 is 11.8 Å². The van der Waals surface area contributed by atoms with Crippen molar-refractivity contribution in [2.24, 2.45) is 0 Å². The maximum atomic E-state index is 13.0. The molecule has 0 saturated carbocycles. The number of nitrogens with two attached hydrogens (primary N) is 1. The molecule has 1 aliphatic rings. The van der Waals surface area contributed by atoms with E-state index in [1.165, 1.54) is 23.6 Å². The third kappa shape index (κ3) is 8.15. The first kappa shape index (κ1) is 28.4. The lowest BCUT2D eigenvalue weighted by Crippen LogP contribution is -2.51. The molecule has 0 spiro atoms. The van der Waals surface area contributed by atoms with E-state index in [1.807, 2.05) is 31.2 Å². The molecule has 2 heterocycles. The van der Waals surface area contributed by atoms with E-state index in [-0.39, 0.29) is 30.8 Å². The van der Waals surface area contributed by atoms with E-state index < -0.39 is 18.2 Å². The van der Waals surface area contributed by atoms with Crippen molar-refractivity contribution in [2.75, 3.05) is 22.9 Å². The smallest absolute Gasteiger partial charge is 0.475 e. The fourth-order valence-corrected chi connectivity index (χ4v) is 4.13. The first-order chi connectivity index (χ1) is 16.8. The summed E-state index contributed by atoms with van der Waals surface area (Å²) in [6.07, 6.45) is -5.08. The summed E-state index contributed by atoms with van der Waals surface area (Å²) in [6, 6.07) is 10.2. The molecule has 1 aromatic heterocycles. The first-order valence-corrected chi connectivity index (χ1v) is 11.4. The summed E-state index contributed by atoms with van der Waals surface area (Å²) in [5, 5.41) is 12.6. The number of carboxylic acid groups (broad SMARTS) is 1. The number of nitrogens with zero attached hydrogens (tertiary/aromatic N) is 2. The number of amides is 3. The molecule has 36 heavy (non-hydrogen) atoms. The van der Waals surface area contributed by atoms with Crippen LogP contribution in [0.3, 0.4) is 0 Å². The summed E-state index contributed by atoms with van der Waals surface area (Å²) in [4.78, 5) is 52.5. The van der Waals surface area contributed by atoms with Crippen LogP contribution in [0, 0.1) is 6.92 Å². The Kier molecular flexibility index (Phi) is 9.67. The van der Waals surface area contributed by atoms with Crippen molar-refractivity contribution in [3.63, 3.8) is 0 Å². The van der Waals surface area contributed by atoms with Crippen LogP contribution in [0.4, 0.5) is 24.7 Å². The Bertz CT molecular complexity index is 1150. The van der Waals surface area contributed by atoms with Gasteiger partial charge in [0, 0.05) is 29.8 Å². The maximum Gasteiger partial charge on any atom is 0.490 e. The zero-order valence-corrected chi connectivity index (χ0v) is 20.1. The number of carbonyl (C=O) groups excluding carboxylic acids is 3. The highest BCUT2D eigenvalue weighted by molar-refractivity contribution is 7.99. The average Bonchev–Trinajstić information content (AvgIpc) is 2.90. The number of benzene rings is 1. The first-order valence-electron chi connectivity index (χ1n) is 10.4. The number of para-hydroxylation sites is 1. The number of fused-ring (bicyclic) bond motifs is 1. The second-order valence-corrected chi connectivity index (χ2v) is 8.58. The number of anilines is 2. The number of hydrogen-bond acceptors (Lipinski definition) is 7. The van der Waals surface area contributed by atoms with Crippen LogP contribution in [0.25, 0.3) is 0 Å². The maximum absolute atomic E-state index is 13.0. The molecule has 0 bridgehead atoms. The number of aryl methyl sites for hydroxylation is 1. The lowest BCUT2D eigenvalue weighted by Gasteiger charge is -2.25. The summed E-state index contributed by atoms with van der Waals surface area (Å²) in [5.74, 6) is -2.83. The number of thioether (sulfide) groups is 1. The highest BCUT2D eigenvalue weighted by Gasteiger charge is 2.38. The summed E-state index contributed by atoms with van der Waals surface area (Å²) >= 11 is 1.48. The van der Waals surface area contributed by atoms with Crippen molar-refractivity contribution < 1.29 is 37.5 Å². The molecule has 3 rings (SSSR count). The highest BCUT2D eigenvalue weighted by Crippen LogP contribution is 2.34. The molecule has 5 N–H and O–H groups in total. The Hall–Kier alpha value is -3.81. The van der Waals surface area contributed by atoms with Gasteiger partial charge in [0.05, 0.1) is 5.69 Å². The predicted molar refractivity (Wildman–Crippen MR) is 126 cm³/mol. The number of pyridine rings is 1. The summed E-state index contributed by atoms with van der Waals surface area (Å²) in [5.41, 5.74) is 7.91. The molecule has 0 aliphatic carbocycles. The van der Waals surface area contributed by atoms with Gasteiger partial charge in [0.25, 0.3) is 5.91 Å². The predicted octanol–water partition coefficient (Wildman–Crippen LogP) is 1.87. The highest BCUT2D eigenvalue weighted by atomic mass is 32.2. The van der Waals surface area contributed by atoms with Crippen LogP contribution in [0.15, 0.2) is 41.3 Å². The SMILES string of the molecule is CC(=O)N[C@H]1CSc2ccccc2N(CC(=O)NCc2ccc(N)nc2C)C1=O.O=C(O)C(F)(F)F. The van der Waals surface area contributed by atoms with E-state index in [0.717, 1.165) is 16.2 Å². The van der Waals surface area contributed by atoms with Crippen LogP contribution in [-0.2, 0) is 25.7 Å². The molecular formula is C22H24F3N5O5S. The van der Waals surface area contributed by atoms with Crippen molar-refractivity contribution in [3.8, 4) is 0 Å². The van der Waals surface area contributed by atoms with E-state index in [0.29, 0.717) is 17.3 Å². The Balaban J connectivity index is 0.000000572. The summed E-state index contributed by atoms with van der Waals surface area (Å²) < 4.78 is 31.7. The van der Waals surface area contributed by atoms with E-state index in [9.17, 15) is 27.6 Å². The average molecular weight is 528 g/mol. The van der Waals surface area contributed by atoms with Gasteiger partial charge in [-0.1, -0.05) is 18.2 Å². The number of aliphatic carboxylic acids is 1. The fourth-order valence-electron chi connectivity index (χ4n) is 3.05. The Morgan fingerprint density at radius 2 is 1.86 bits per heavy atom. The molecule has 1 aliphatic heterocycles. The molecule has 0 fully saturated rings. The topological polar surface area (TPSA) is 155 Å². The van der Waals surface area contributed by atoms with Gasteiger partial charge in [0.1, 0.15) is 18.4 Å². The minimum absolute atomic E-state index is 0.145. The molecule has 3 amide bonds.